The highest BCUT2D eigenvalue weighted by atomic mass is 16.7. The van der Waals surface area contributed by atoms with Crippen molar-refractivity contribution in [3.05, 3.63) is 12.2 Å². The van der Waals surface area contributed by atoms with E-state index in [1.165, 1.54) is 147 Å². The number of carbonyl (C=O) groups excluding carboxylic acids is 1. The molecule has 0 saturated heterocycles. The van der Waals surface area contributed by atoms with Gasteiger partial charge in [-0.1, -0.05) is 154 Å². The Morgan fingerprint density at radius 2 is 0.839 bits per heavy atom. The van der Waals surface area contributed by atoms with Crippen molar-refractivity contribution in [2.75, 3.05) is 0 Å². The number of unbranched alkanes of at least 4 members (excludes halogenated alkanes) is 23. The first-order chi connectivity index (χ1) is 15.3. The van der Waals surface area contributed by atoms with Gasteiger partial charge in [0, 0.05) is 6.08 Å². The summed E-state index contributed by atoms with van der Waals surface area (Å²) in [5.74, 6) is 4.31. The van der Waals surface area contributed by atoms with Gasteiger partial charge in [-0.2, -0.15) is 5.90 Å². The third kappa shape index (κ3) is 27.1. The second kappa shape index (κ2) is 27.2. The number of carbonyl (C=O) groups is 1. The molecular formula is C28H55NO2. The normalized spacial score (nSPS) is 11.4. The molecule has 0 aromatic rings. The molecule has 0 saturated carbocycles. The zero-order valence-corrected chi connectivity index (χ0v) is 21.0. The molecule has 0 bridgehead atoms. The zero-order chi connectivity index (χ0) is 22.7. The molecule has 31 heavy (non-hydrogen) atoms. The minimum absolute atomic E-state index is 0.464. The molecule has 0 aliphatic heterocycles. The van der Waals surface area contributed by atoms with Crippen LogP contribution in [0.2, 0.25) is 0 Å². The van der Waals surface area contributed by atoms with E-state index in [9.17, 15) is 4.79 Å². The summed E-state index contributed by atoms with van der Waals surface area (Å²) in [5, 5.41) is 0. The van der Waals surface area contributed by atoms with Crippen LogP contribution in [0.5, 0.6) is 0 Å². The van der Waals surface area contributed by atoms with Gasteiger partial charge in [0.25, 0.3) is 0 Å². The van der Waals surface area contributed by atoms with Crippen LogP contribution in [0, 0.1) is 0 Å². The van der Waals surface area contributed by atoms with E-state index >= 15 is 0 Å². The van der Waals surface area contributed by atoms with Gasteiger partial charge in [-0.15, -0.1) is 0 Å². The van der Waals surface area contributed by atoms with Crippen LogP contribution in [0.4, 0.5) is 0 Å². The number of nitrogens with two attached hydrogens (primary N) is 1. The molecule has 0 spiro atoms. The highest BCUT2D eigenvalue weighted by molar-refractivity contribution is 5.81. The lowest BCUT2D eigenvalue weighted by Gasteiger charge is -2.04. The van der Waals surface area contributed by atoms with E-state index in [-0.39, 0.29) is 0 Å². The number of hydrogen-bond acceptors (Lipinski definition) is 3. The third-order valence-electron chi connectivity index (χ3n) is 6.34. The number of rotatable bonds is 25. The molecule has 0 heterocycles. The molecule has 0 fully saturated rings. The summed E-state index contributed by atoms with van der Waals surface area (Å²) in [5.41, 5.74) is 0. The van der Waals surface area contributed by atoms with Gasteiger partial charge >= 0.3 is 5.97 Å². The fraction of sp³-hybridized carbons (Fsp3) is 0.893. The van der Waals surface area contributed by atoms with Crippen LogP contribution in [0.1, 0.15) is 161 Å². The minimum Gasteiger partial charge on any atom is -0.370 e. The molecule has 0 atom stereocenters. The second-order valence-corrected chi connectivity index (χ2v) is 9.41. The first-order valence-electron chi connectivity index (χ1n) is 13.9. The van der Waals surface area contributed by atoms with E-state index in [0.29, 0.717) is 0 Å². The summed E-state index contributed by atoms with van der Waals surface area (Å²) in [7, 11) is 0. The van der Waals surface area contributed by atoms with Gasteiger partial charge in [0.2, 0.25) is 0 Å². The summed E-state index contributed by atoms with van der Waals surface area (Å²) in [6.07, 6.45) is 36.7. The maximum atomic E-state index is 10.8. The second-order valence-electron chi connectivity index (χ2n) is 9.41. The van der Waals surface area contributed by atoms with E-state index in [4.69, 9.17) is 5.90 Å². The molecule has 3 heteroatoms. The number of hydrogen-bond donors (Lipinski definition) is 1. The Hall–Kier alpha value is -0.830. The van der Waals surface area contributed by atoms with Gasteiger partial charge in [-0.25, -0.2) is 4.79 Å². The summed E-state index contributed by atoms with van der Waals surface area (Å²) < 4.78 is 0. The molecule has 184 valence electrons. The summed E-state index contributed by atoms with van der Waals surface area (Å²) >= 11 is 0. The maximum Gasteiger partial charge on any atom is 0.348 e. The molecule has 2 N–H and O–H groups in total. The predicted octanol–water partition coefficient (Wildman–Crippen LogP) is 9.34. The summed E-state index contributed by atoms with van der Waals surface area (Å²) in [6, 6.07) is 0. The molecule has 0 unspecified atom stereocenters. The molecule has 0 aliphatic rings. The first-order valence-corrected chi connectivity index (χ1v) is 13.9. The molecular weight excluding hydrogens is 382 g/mol. The van der Waals surface area contributed by atoms with Crippen molar-refractivity contribution in [1.29, 1.82) is 0 Å². The van der Waals surface area contributed by atoms with Crippen LogP contribution in [0.15, 0.2) is 12.2 Å². The van der Waals surface area contributed by atoms with Crippen molar-refractivity contribution in [2.24, 2.45) is 5.90 Å². The minimum atomic E-state index is -0.464. The van der Waals surface area contributed by atoms with Gasteiger partial charge in [0.05, 0.1) is 0 Å². The van der Waals surface area contributed by atoms with E-state index in [1.54, 1.807) is 0 Å². The number of allylic oxidation sites excluding steroid dienone is 1. The molecule has 0 aliphatic carbocycles. The van der Waals surface area contributed by atoms with Crippen molar-refractivity contribution in [2.45, 2.75) is 161 Å². The highest BCUT2D eigenvalue weighted by Crippen LogP contribution is 2.15. The van der Waals surface area contributed by atoms with Crippen molar-refractivity contribution in [3.63, 3.8) is 0 Å². The molecule has 0 rings (SSSR count). The molecule has 0 radical (unpaired) electrons. The standard InChI is InChI=1S/C28H55NO2/c1-2-3-4-5-6-7-8-9-10-11-12-13-14-15-16-17-18-19-20-21-22-23-24-25-26-27-28(30)31-29/h26-27H,2-25,29H2,1H3/b27-26+. The fourth-order valence-electron chi connectivity index (χ4n) is 4.27. The predicted molar refractivity (Wildman–Crippen MR) is 136 cm³/mol. The smallest absolute Gasteiger partial charge is 0.348 e. The lowest BCUT2D eigenvalue weighted by atomic mass is 10.0. The Morgan fingerprint density at radius 3 is 1.13 bits per heavy atom. The monoisotopic (exact) mass is 437 g/mol. The average molecular weight is 438 g/mol. The first kappa shape index (κ1) is 30.2. The SMILES string of the molecule is CCCCCCCCCCCCCCCCCCCCCCCCC/C=C/C(=O)ON. The molecule has 0 aromatic heterocycles. The Kier molecular flexibility index (Phi) is 26.5. The molecule has 0 amide bonds. The quantitative estimate of drug-likeness (QED) is 0.0879. The van der Waals surface area contributed by atoms with E-state index in [0.717, 1.165) is 12.8 Å². The Bertz CT molecular complexity index is 381. The van der Waals surface area contributed by atoms with Gasteiger partial charge in [-0.05, 0) is 12.8 Å². The van der Waals surface area contributed by atoms with Crippen LogP contribution >= 0.6 is 0 Å². The van der Waals surface area contributed by atoms with Crippen LogP contribution < -0.4 is 5.90 Å². The van der Waals surface area contributed by atoms with Crippen LogP contribution in [0.3, 0.4) is 0 Å². The maximum absolute atomic E-state index is 10.8. The molecule has 0 aromatic carbocycles. The van der Waals surface area contributed by atoms with Gasteiger partial charge < -0.3 is 4.84 Å². The van der Waals surface area contributed by atoms with Crippen LogP contribution in [0.25, 0.3) is 0 Å². The topological polar surface area (TPSA) is 52.3 Å². The Labute approximate surface area is 194 Å². The van der Waals surface area contributed by atoms with Gasteiger partial charge in [-0.3, -0.25) is 0 Å². The highest BCUT2D eigenvalue weighted by Gasteiger charge is 1.96. The Balaban J connectivity index is 3.05. The van der Waals surface area contributed by atoms with E-state index < -0.39 is 5.97 Å². The summed E-state index contributed by atoms with van der Waals surface area (Å²) in [4.78, 5) is 14.9. The third-order valence-corrected chi connectivity index (χ3v) is 6.34. The zero-order valence-electron chi connectivity index (χ0n) is 21.0. The van der Waals surface area contributed by atoms with E-state index in [2.05, 4.69) is 11.8 Å². The van der Waals surface area contributed by atoms with Crippen molar-refractivity contribution < 1.29 is 9.63 Å². The van der Waals surface area contributed by atoms with Gasteiger partial charge in [0.1, 0.15) is 0 Å². The van der Waals surface area contributed by atoms with Crippen molar-refractivity contribution in [3.8, 4) is 0 Å². The van der Waals surface area contributed by atoms with Gasteiger partial charge in [0.15, 0.2) is 0 Å². The van der Waals surface area contributed by atoms with Crippen LogP contribution in [-0.4, -0.2) is 5.97 Å². The van der Waals surface area contributed by atoms with Crippen molar-refractivity contribution >= 4 is 5.97 Å². The van der Waals surface area contributed by atoms with Crippen LogP contribution in [-0.2, 0) is 9.63 Å². The Morgan fingerprint density at radius 1 is 0.548 bits per heavy atom. The molecule has 3 nitrogen and oxygen atoms in total. The van der Waals surface area contributed by atoms with E-state index in [1.807, 2.05) is 6.08 Å². The fourth-order valence-corrected chi connectivity index (χ4v) is 4.27. The lowest BCUT2D eigenvalue weighted by molar-refractivity contribution is -0.138. The lowest BCUT2D eigenvalue weighted by Crippen LogP contribution is -2.05. The van der Waals surface area contributed by atoms with Crippen molar-refractivity contribution in [1.82, 2.24) is 0 Å². The largest absolute Gasteiger partial charge is 0.370 e. The average Bonchev–Trinajstić information content (AvgIpc) is 2.78. The summed E-state index contributed by atoms with van der Waals surface area (Å²) in [6.45, 7) is 2.29.